The lowest BCUT2D eigenvalue weighted by atomic mass is 9.89. The van der Waals surface area contributed by atoms with Crippen LogP contribution in [-0.4, -0.2) is 16.5 Å². The summed E-state index contributed by atoms with van der Waals surface area (Å²) in [5.41, 5.74) is 0.781. The molecule has 0 amide bonds. The van der Waals surface area contributed by atoms with Gasteiger partial charge in [0.2, 0.25) is 0 Å². The molecule has 0 radical (unpaired) electrons. The highest BCUT2D eigenvalue weighted by Gasteiger charge is 2.28. The number of nitrogens with zero attached hydrogens (tertiary/aromatic N) is 2. The second kappa shape index (κ2) is 4.98. The van der Waals surface area contributed by atoms with Crippen molar-refractivity contribution in [1.82, 2.24) is 9.97 Å². The number of aromatic nitrogens is 2. The summed E-state index contributed by atoms with van der Waals surface area (Å²) in [6, 6.07) is 0. The van der Waals surface area contributed by atoms with Crippen LogP contribution in [0.5, 0.6) is 0 Å². The molecule has 0 aromatic carbocycles. The van der Waals surface area contributed by atoms with Crippen LogP contribution in [-0.2, 0) is 6.42 Å². The van der Waals surface area contributed by atoms with Crippen LogP contribution in [0.25, 0.3) is 0 Å². The Hall–Kier alpha value is -1.19. The van der Waals surface area contributed by atoms with Crippen molar-refractivity contribution in [3.63, 3.8) is 0 Å². The van der Waals surface area contributed by atoms with E-state index in [1.54, 1.807) is 0 Å². The molecule has 0 aliphatic heterocycles. The molecule has 1 saturated carbocycles. The molecule has 94 valence electrons. The Morgan fingerprint density at radius 3 is 2.71 bits per heavy atom. The quantitative estimate of drug-likeness (QED) is 0.874. The van der Waals surface area contributed by atoms with Crippen LogP contribution in [0, 0.1) is 11.2 Å². The predicted molar refractivity (Wildman–Crippen MR) is 66.4 cm³/mol. The first-order valence-corrected chi connectivity index (χ1v) is 6.38. The minimum Gasteiger partial charge on any atom is -0.367 e. The molecule has 1 aliphatic rings. The summed E-state index contributed by atoms with van der Waals surface area (Å²) in [4.78, 5) is 7.91. The van der Waals surface area contributed by atoms with E-state index in [4.69, 9.17) is 0 Å². The second-order valence-corrected chi connectivity index (χ2v) is 5.21. The van der Waals surface area contributed by atoms with E-state index in [0.29, 0.717) is 23.3 Å². The molecule has 3 nitrogen and oxygen atoms in total. The zero-order valence-corrected chi connectivity index (χ0v) is 10.6. The highest BCUT2D eigenvalue weighted by atomic mass is 19.1. The molecule has 0 spiro atoms. The number of hydrogen-bond acceptors (Lipinski definition) is 3. The van der Waals surface area contributed by atoms with Gasteiger partial charge in [-0.05, 0) is 24.7 Å². The van der Waals surface area contributed by atoms with Crippen molar-refractivity contribution < 1.29 is 4.39 Å². The summed E-state index contributed by atoms with van der Waals surface area (Å²) in [7, 11) is 0. The highest BCUT2D eigenvalue weighted by molar-refractivity contribution is 5.37. The lowest BCUT2D eigenvalue weighted by Crippen LogP contribution is -2.24. The molecule has 1 fully saturated rings. The van der Waals surface area contributed by atoms with Gasteiger partial charge in [-0.2, -0.15) is 0 Å². The molecule has 17 heavy (non-hydrogen) atoms. The Balaban J connectivity index is 2.03. The molecule has 2 rings (SSSR count). The summed E-state index contributed by atoms with van der Waals surface area (Å²) in [6.45, 7) is 4.95. The molecule has 0 bridgehead atoms. The molecule has 0 unspecified atom stereocenters. The largest absolute Gasteiger partial charge is 0.367 e. The highest BCUT2D eigenvalue weighted by Crippen LogP contribution is 2.37. The number of nitrogens with one attached hydrogen (secondary N) is 1. The van der Waals surface area contributed by atoms with E-state index in [9.17, 15) is 4.39 Å². The topological polar surface area (TPSA) is 37.8 Å². The lowest BCUT2D eigenvalue weighted by molar-refractivity contribution is 0.361. The SMILES string of the molecule is CCc1ncnc(NCC2(C)CCCC2)c1F. The summed E-state index contributed by atoms with van der Waals surface area (Å²) >= 11 is 0. The van der Waals surface area contributed by atoms with E-state index in [2.05, 4.69) is 22.2 Å². The monoisotopic (exact) mass is 237 g/mol. The van der Waals surface area contributed by atoms with E-state index in [1.807, 2.05) is 6.92 Å². The van der Waals surface area contributed by atoms with Gasteiger partial charge in [0, 0.05) is 6.54 Å². The first-order chi connectivity index (χ1) is 8.14. The van der Waals surface area contributed by atoms with Gasteiger partial charge in [0.05, 0.1) is 5.69 Å². The van der Waals surface area contributed by atoms with Crippen molar-refractivity contribution in [2.75, 3.05) is 11.9 Å². The maximum atomic E-state index is 13.9. The van der Waals surface area contributed by atoms with E-state index in [1.165, 1.54) is 32.0 Å². The van der Waals surface area contributed by atoms with Crippen LogP contribution in [0.2, 0.25) is 0 Å². The van der Waals surface area contributed by atoms with Crippen LogP contribution in [0.3, 0.4) is 0 Å². The maximum absolute atomic E-state index is 13.9. The summed E-state index contributed by atoms with van der Waals surface area (Å²) in [5, 5.41) is 3.14. The van der Waals surface area contributed by atoms with Crippen LogP contribution < -0.4 is 5.32 Å². The minimum atomic E-state index is -0.295. The Morgan fingerprint density at radius 1 is 1.35 bits per heavy atom. The van der Waals surface area contributed by atoms with Crippen LogP contribution in [0.15, 0.2) is 6.33 Å². The standard InChI is InChI=1S/C13H20FN3/c1-3-10-11(14)12(17-9-16-10)15-8-13(2)6-4-5-7-13/h9H,3-8H2,1-2H3,(H,15,16,17). The van der Waals surface area contributed by atoms with Gasteiger partial charge in [0.1, 0.15) is 6.33 Å². The summed E-state index contributed by atoms with van der Waals surface area (Å²) < 4.78 is 13.9. The molecule has 1 heterocycles. The number of aryl methyl sites for hydroxylation is 1. The number of rotatable bonds is 4. The fraction of sp³-hybridized carbons (Fsp3) is 0.692. The molecule has 1 aromatic rings. The van der Waals surface area contributed by atoms with Gasteiger partial charge < -0.3 is 5.32 Å². The maximum Gasteiger partial charge on any atom is 0.186 e. The van der Waals surface area contributed by atoms with Gasteiger partial charge in [0.25, 0.3) is 0 Å². The van der Waals surface area contributed by atoms with Gasteiger partial charge in [-0.1, -0.05) is 26.7 Å². The Labute approximate surface area is 102 Å². The minimum absolute atomic E-state index is 0.295. The Kier molecular flexibility index (Phi) is 3.60. The number of anilines is 1. The van der Waals surface area contributed by atoms with Crippen LogP contribution in [0.4, 0.5) is 10.2 Å². The van der Waals surface area contributed by atoms with E-state index in [-0.39, 0.29) is 5.82 Å². The van der Waals surface area contributed by atoms with Crippen molar-refractivity contribution in [3.05, 3.63) is 17.8 Å². The normalized spacial score (nSPS) is 18.3. The fourth-order valence-electron chi connectivity index (χ4n) is 2.48. The van der Waals surface area contributed by atoms with E-state index < -0.39 is 0 Å². The number of halogens is 1. The van der Waals surface area contributed by atoms with Crippen molar-refractivity contribution in [2.45, 2.75) is 46.0 Å². The van der Waals surface area contributed by atoms with Crippen LogP contribution >= 0.6 is 0 Å². The zero-order valence-electron chi connectivity index (χ0n) is 10.6. The first-order valence-electron chi connectivity index (χ1n) is 6.38. The molecular formula is C13H20FN3. The van der Waals surface area contributed by atoms with E-state index >= 15 is 0 Å². The Morgan fingerprint density at radius 2 is 2.06 bits per heavy atom. The molecule has 1 N–H and O–H groups in total. The Bertz CT molecular complexity index is 386. The van der Waals surface area contributed by atoms with Gasteiger partial charge in [-0.3, -0.25) is 0 Å². The molecule has 1 aromatic heterocycles. The molecule has 0 atom stereocenters. The van der Waals surface area contributed by atoms with Crippen molar-refractivity contribution in [2.24, 2.45) is 5.41 Å². The smallest absolute Gasteiger partial charge is 0.186 e. The van der Waals surface area contributed by atoms with Gasteiger partial charge >= 0.3 is 0 Å². The molecule has 4 heteroatoms. The van der Waals surface area contributed by atoms with Crippen molar-refractivity contribution >= 4 is 5.82 Å². The summed E-state index contributed by atoms with van der Waals surface area (Å²) in [5.74, 6) is 0.0570. The van der Waals surface area contributed by atoms with E-state index in [0.717, 1.165) is 6.54 Å². The molecule has 0 saturated heterocycles. The van der Waals surface area contributed by atoms with Gasteiger partial charge in [-0.15, -0.1) is 0 Å². The third-order valence-corrected chi connectivity index (χ3v) is 3.69. The predicted octanol–water partition coefficient (Wildman–Crippen LogP) is 3.17. The zero-order chi connectivity index (χ0) is 12.3. The lowest BCUT2D eigenvalue weighted by Gasteiger charge is -2.24. The average Bonchev–Trinajstić information content (AvgIpc) is 2.75. The fourth-order valence-corrected chi connectivity index (χ4v) is 2.48. The average molecular weight is 237 g/mol. The third-order valence-electron chi connectivity index (χ3n) is 3.69. The number of hydrogen-bond donors (Lipinski definition) is 1. The van der Waals surface area contributed by atoms with Gasteiger partial charge in [0.15, 0.2) is 11.6 Å². The van der Waals surface area contributed by atoms with Crippen molar-refractivity contribution in [1.29, 1.82) is 0 Å². The summed E-state index contributed by atoms with van der Waals surface area (Å²) in [6.07, 6.45) is 7.03. The first kappa shape index (κ1) is 12.3. The second-order valence-electron chi connectivity index (χ2n) is 5.21. The van der Waals surface area contributed by atoms with Gasteiger partial charge in [-0.25, -0.2) is 14.4 Å². The molecular weight excluding hydrogens is 217 g/mol. The third kappa shape index (κ3) is 2.73. The van der Waals surface area contributed by atoms with Crippen molar-refractivity contribution in [3.8, 4) is 0 Å². The molecule has 1 aliphatic carbocycles. The van der Waals surface area contributed by atoms with Crippen LogP contribution in [0.1, 0.15) is 45.2 Å².